The van der Waals surface area contributed by atoms with E-state index in [1.807, 2.05) is 39.0 Å². The molecule has 6 heteroatoms. The third-order valence-electron chi connectivity index (χ3n) is 5.40. The monoisotopic (exact) mass is 427 g/mol. The van der Waals surface area contributed by atoms with E-state index in [1.165, 1.54) is 6.07 Å². The van der Waals surface area contributed by atoms with Gasteiger partial charge in [-0.1, -0.05) is 46.8 Å². The lowest BCUT2D eigenvalue weighted by Gasteiger charge is -2.26. The molecule has 0 aliphatic rings. The second-order valence-corrected chi connectivity index (χ2v) is 9.03. The molecule has 1 unspecified atom stereocenters. The van der Waals surface area contributed by atoms with E-state index < -0.39 is 5.97 Å². The van der Waals surface area contributed by atoms with Gasteiger partial charge in [-0.3, -0.25) is 4.79 Å². The summed E-state index contributed by atoms with van der Waals surface area (Å²) in [5, 5.41) is 12.3. The van der Waals surface area contributed by atoms with E-state index in [1.54, 1.807) is 26.4 Å². The van der Waals surface area contributed by atoms with Gasteiger partial charge in [0.05, 0.1) is 19.8 Å². The summed E-state index contributed by atoms with van der Waals surface area (Å²) in [6.45, 7) is 10.2. The summed E-state index contributed by atoms with van der Waals surface area (Å²) in [7, 11) is 3.20. The van der Waals surface area contributed by atoms with E-state index in [-0.39, 0.29) is 35.1 Å². The Hall–Kier alpha value is -3.02. The third kappa shape index (κ3) is 6.00. The highest BCUT2D eigenvalue weighted by atomic mass is 16.5. The second kappa shape index (κ2) is 9.86. The van der Waals surface area contributed by atoms with E-state index >= 15 is 0 Å². The Bertz CT molecular complexity index is 943. The Morgan fingerprint density at radius 1 is 1.03 bits per heavy atom. The maximum atomic E-state index is 13.1. The minimum atomic E-state index is -1.03. The van der Waals surface area contributed by atoms with Gasteiger partial charge in [-0.15, -0.1) is 0 Å². The molecule has 6 nitrogen and oxygen atoms in total. The van der Waals surface area contributed by atoms with Crippen molar-refractivity contribution in [3.05, 3.63) is 53.1 Å². The zero-order valence-corrected chi connectivity index (χ0v) is 19.4. The Morgan fingerprint density at radius 3 is 2.23 bits per heavy atom. The number of carboxylic acid groups (broad SMARTS) is 1. The van der Waals surface area contributed by atoms with Crippen molar-refractivity contribution in [1.82, 2.24) is 0 Å². The molecule has 1 amide bonds. The minimum absolute atomic E-state index is 0.0819. The topological polar surface area (TPSA) is 84.9 Å². The van der Waals surface area contributed by atoms with Crippen LogP contribution in [-0.4, -0.2) is 31.2 Å². The van der Waals surface area contributed by atoms with Crippen LogP contribution in [0, 0.1) is 5.92 Å². The summed E-state index contributed by atoms with van der Waals surface area (Å²) in [5.74, 6) is 0.257. The molecule has 0 saturated heterocycles. The first-order valence-corrected chi connectivity index (χ1v) is 10.4. The Morgan fingerprint density at radius 2 is 1.71 bits per heavy atom. The number of methoxy groups -OCH3 is 2. The summed E-state index contributed by atoms with van der Waals surface area (Å²) in [6.07, 6.45) is 0.237. The molecule has 2 N–H and O–H groups in total. The van der Waals surface area contributed by atoms with Crippen molar-refractivity contribution in [1.29, 1.82) is 0 Å². The van der Waals surface area contributed by atoms with E-state index in [2.05, 4.69) is 19.2 Å². The first-order chi connectivity index (χ1) is 14.5. The minimum Gasteiger partial charge on any atom is -0.497 e. The number of aromatic carboxylic acids is 1. The number of nitrogens with one attached hydrogen (secondary N) is 1. The summed E-state index contributed by atoms with van der Waals surface area (Å²) in [6, 6.07) is 10.5. The second-order valence-electron chi connectivity index (χ2n) is 9.03. The van der Waals surface area contributed by atoms with Crippen LogP contribution in [0.15, 0.2) is 36.4 Å². The number of rotatable bonds is 8. The van der Waals surface area contributed by atoms with Gasteiger partial charge in [0.2, 0.25) is 5.91 Å². The predicted molar refractivity (Wildman–Crippen MR) is 122 cm³/mol. The molecular formula is C25H33NO5. The molecule has 2 aromatic rings. The van der Waals surface area contributed by atoms with Crippen LogP contribution in [0.5, 0.6) is 11.5 Å². The zero-order valence-electron chi connectivity index (χ0n) is 19.4. The van der Waals surface area contributed by atoms with Gasteiger partial charge in [-0.05, 0) is 46.6 Å². The number of carboxylic acids is 1. The molecular weight excluding hydrogens is 394 g/mol. The molecule has 168 valence electrons. The SMILES string of the molecule is COc1ccc(C(CC(=O)Nc2cc(C(=O)O)ccc2C(C)(C)C)C(C)C)c(OC)c1. The van der Waals surface area contributed by atoms with Crippen molar-refractivity contribution in [2.75, 3.05) is 19.5 Å². The van der Waals surface area contributed by atoms with Crippen molar-refractivity contribution in [3.63, 3.8) is 0 Å². The number of carbonyl (C=O) groups is 2. The van der Waals surface area contributed by atoms with Crippen LogP contribution >= 0.6 is 0 Å². The fourth-order valence-electron chi connectivity index (χ4n) is 3.67. The average Bonchev–Trinajstić information content (AvgIpc) is 2.70. The van der Waals surface area contributed by atoms with Crippen LogP contribution in [0.2, 0.25) is 0 Å². The van der Waals surface area contributed by atoms with Crippen molar-refractivity contribution in [2.45, 2.75) is 52.4 Å². The number of ether oxygens (including phenoxy) is 2. The summed E-state index contributed by atoms with van der Waals surface area (Å²) in [5.41, 5.74) is 2.23. The van der Waals surface area contributed by atoms with Crippen LogP contribution in [0.4, 0.5) is 5.69 Å². The van der Waals surface area contributed by atoms with Gasteiger partial charge in [0.25, 0.3) is 0 Å². The highest BCUT2D eigenvalue weighted by Gasteiger charge is 2.25. The molecule has 0 bridgehead atoms. The maximum absolute atomic E-state index is 13.1. The molecule has 1 atom stereocenters. The van der Waals surface area contributed by atoms with E-state index in [0.717, 1.165) is 11.1 Å². The Kier molecular flexibility index (Phi) is 7.71. The fourth-order valence-corrected chi connectivity index (χ4v) is 3.67. The van der Waals surface area contributed by atoms with Gasteiger partial charge in [-0.2, -0.15) is 0 Å². The molecule has 0 saturated carbocycles. The van der Waals surface area contributed by atoms with Crippen LogP contribution in [0.25, 0.3) is 0 Å². The number of carbonyl (C=O) groups excluding carboxylic acids is 1. The first kappa shape index (κ1) is 24.3. The Labute approximate surface area is 184 Å². The van der Waals surface area contributed by atoms with Gasteiger partial charge >= 0.3 is 5.97 Å². The van der Waals surface area contributed by atoms with Crippen LogP contribution in [0.1, 0.15) is 68.4 Å². The third-order valence-corrected chi connectivity index (χ3v) is 5.40. The molecule has 0 fully saturated rings. The van der Waals surface area contributed by atoms with Gasteiger partial charge < -0.3 is 19.9 Å². The lowest BCUT2D eigenvalue weighted by molar-refractivity contribution is -0.116. The van der Waals surface area contributed by atoms with E-state index in [0.29, 0.717) is 17.2 Å². The predicted octanol–water partition coefficient (Wildman–Crippen LogP) is 5.47. The number of amides is 1. The molecule has 2 aromatic carbocycles. The van der Waals surface area contributed by atoms with E-state index in [9.17, 15) is 14.7 Å². The average molecular weight is 428 g/mol. The van der Waals surface area contributed by atoms with Crippen LogP contribution in [0.3, 0.4) is 0 Å². The highest BCUT2D eigenvalue weighted by Crippen LogP contribution is 2.37. The number of benzene rings is 2. The van der Waals surface area contributed by atoms with Crippen LogP contribution < -0.4 is 14.8 Å². The highest BCUT2D eigenvalue weighted by molar-refractivity contribution is 5.95. The summed E-state index contributed by atoms with van der Waals surface area (Å²) >= 11 is 0. The lowest BCUT2D eigenvalue weighted by Crippen LogP contribution is -2.22. The molecule has 31 heavy (non-hydrogen) atoms. The van der Waals surface area contributed by atoms with Gasteiger partial charge in [0.15, 0.2) is 0 Å². The fraction of sp³-hybridized carbons (Fsp3) is 0.440. The molecule has 0 radical (unpaired) electrons. The van der Waals surface area contributed by atoms with Crippen molar-refractivity contribution >= 4 is 17.6 Å². The van der Waals surface area contributed by atoms with Crippen molar-refractivity contribution in [2.24, 2.45) is 5.92 Å². The largest absolute Gasteiger partial charge is 0.497 e. The zero-order chi connectivity index (χ0) is 23.3. The Balaban J connectivity index is 2.35. The number of hydrogen-bond acceptors (Lipinski definition) is 4. The molecule has 0 aliphatic carbocycles. The first-order valence-electron chi connectivity index (χ1n) is 10.4. The lowest BCUT2D eigenvalue weighted by atomic mass is 9.84. The standard InChI is InChI=1S/C25H33NO5/c1-15(2)19(18-10-9-17(30-6)13-22(18)31-7)14-23(27)26-21-12-16(24(28)29)8-11-20(21)25(3,4)5/h8-13,15,19H,14H2,1-7H3,(H,26,27)(H,28,29). The number of hydrogen-bond donors (Lipinski definition) is 2. The van der Waals surface area contributed by atoms with Crippen molar-refractivity contribution < 1.29 is 24.2 Å². The summed E-state index contributed by atoms with van der Waals surface area (Å²) in [4.78, 5) is 24.5. The molecule has 0 heterocycles. The van der Waals surface area contributed by atoms with Crippen molar-refractivity contribution in [3.8, 4) is 11.5 Å². The van der Waals surface area contributed by atoms with Gasteiger partial charge in [0, 0.05) is 18.2 Å². The number of anilines is 1. The van der Waals surface area contributed by atoms with E-state index in [4.69, 9.17) is 9.47 Å². The maximum Gasteiger partial charge on any atom is 0.335 e. The van der Waals surface area contributed by atoms with Gasteiger partial charge in [0.1, 0.15) is 11.5 Å². The van der Waals surface area contributed by atoms with Gasteiger partial charge in [-0.25, -0.2) is 4.79 Å². The molecule has 2 rings (SSSR count). The molecule has 0 aromatic heterocycles. The van der Waals surface area contributed by atoms with Crippen LogP contribution in [-0.2, 0) is 10.2 Å². The summed E-state index contributed by atoms with van der Waals surface area (Å²) < 4.78 is 10.8. The molecule has 0 spiro atoms. The molecule has 0 aliphatic heterocycles. The quantitative estimate of drug-likeness (QED) is 0.584. The normalized spacial score (nSPS) is 12.4. The smallest absolute Gasteiger partial charge is 0.335 e.